The van der Waals surface area contributed by atoms with Crippen molar-refractivity contribution in [3.8, 4) is 0 Å². The van der Waals surface area contributed by atoms with E-state index in [9.17, 15) is 0 Å². The maximum absolute atomic E-state index is 6.06. The summed E-state index contributed by atoms with van der Waals surface area (Å²) in [5.41, 5.74) is 3.99. The van der Waals surface area contributed by atoms with Crippen LogP contribution in [0.3, 0.4) is 0 Å². The summed E-state index contributed by atoms with van der Waals surface area (Å²) in [6.07, 6.45) is 4.26. The zero-order valence-electron chi connectivity index (χ0n) is 14.4. The molecule has 0 bridgehead atoms. The van der Waals surface area contributed by atoms with Crippen LogP contribution in [0, 0.1) is 0 Å². The first kappa shape index (κ1) is 17.7. The van der Waals surface area contributed by atoms with Gasteiger partial charge in [0.15, 0.2) is 0 Å². The summed E-state index contributed by atoms with van der Waals surface area (Å²) < 4.78 is 0. The largest absolute Gasteiger partial charge is 0.381 e. The van der Waals surface area contributed by atoms with E-state index in [-0.39, 0.29) is 6.04 Å². The van der Waals surface area contributed by atoms with Gasteiger partial charge in [-0.15, -0.1) is 0 Å². The topological polar surface area (TPSA) is 32.5 Å². The molecule has 0 amide bonds. The minimum absolute atomic E-state index is 0.215. The van der Waals surface area contributed by atoms with Gasteiger partial charge in [-0.25, -0.2) is 5.01 Å². The van der Waals surface area contributed by atoms with E-state index in [4.69, 9.17) is 5.84 Å². The molecule has 0 aliphatic carbocycles. The van der Waals surface area contributed by atoms with Gasteiger partial charge in [0.25, 0.3) is 0 Å². The number of nitrogens with two attached hydrogens (primary N) is 1. The van der Waals surface area contributed by atoms with E-state index in [1.54, 1.807) is 0 Å². The standard InChI is InChI=1S/C18H31N3/c1-7-17(20(4)5)12-13-18(21(6)19)16-10-8-15(9-11-16)14(2)3/h8-12,14,18H,7,13,19H2,1-6H3/b17-12+. The smallest absolute Gasteiger partial charge is 0.0522 e. The molecule has 0 heterocycles. The van der Waals surface area contributed by atoms with Gasteiger partial charge in [-0.2, -0.15) is 0 Å². The van der Waals surface area contributed by atoms with Gasteiger partial charge < -0.3 is 4.90 Å². The lowest BCUT2D eigenvalue weighted by atomic mass is 9.97. The second-order valence-electron chi connectivity index (χ2n) is 6.18. The van der Waals surface area contributed by atoms with Gasteiger partial charge in [-0.1, -0.05) is 51.1 Å². The third-order valence-corrected chi connectivity index (χ3v) is 3.99. The van der Waals surface area contributed by atoms with Crippen molar-refractivity contribution in [3.05, 3.63) is 47.2 Å². The summed E-state index contributed by atoms with van der Waals surface area (Å²) >= 11 is 0. The first-order chi connectivity index (χ1) is 9.86. The number of nitrogens with zero attached hydrogens (tertiary/aromatic N) is 2. The Labute approximate surface area is 130 Å². The summed E-state index contributed by atoms with van der Waals surface area (Å²) in [5, 5.41) is 1.81. The van der Waals surface area contributed by atoms with Crippen LogP contribution < -0.4 is 5.84 Å². The van der Waals surface area contributed by atoms with Crippen molar-refractivity contribution in [2.24, 2.45) is 5.84 Å². The van der Waals surface area contributed by atoms with Crippen molar-refractivity contribution in [1.82, 2.24) is 9.91 Å². The van der Waals surface area contributed by atoms with Gasteiger partial charge in [0.1, 0.15) is 0 Å². The van der Waals surface area contributed by atoms with Gasteiger partial charge in [0.2, 0.25) is 0 Å². The summed E-state index contributed by atoms with van der Waals surface area (Å²) in [4.78, 5) is 2.18. The Kier molecular flexibility index (Phi) is 6.93. The SMILES string of the molecule is CC/C(=C\CC(c1ccc(C(C)C)cc1)N(C)N)N(C)C. The number of benzene rings is 1. The van der Waals surface area contributed by atoms with Gasteiger partial charge >= 0.3 is 0 Å². The fourth-order valence-corrected chi connectivity index (χ4v) is 2.53. The molecule has 0 spiro atoms. The van der Waals surface area contributed by atoms with Crippen LogP contribution in [0.2, 0.25) is 0 Å². The van der Waals surface area contributed by atoms with E-state index in [1.807, 2.05) is 12.1 Å². The molecular weight excluding hydrogens is 258 g/mol. The fraction of sp³-hybridized carbons (Fsp3) is 0.556. The average Bonchev–Trinajstić information content (AvgIpc) is 2.43. The van der Waals surface area contributed by atoms with Crippen molar-refractivity contribution in [2.45, 2.75) is 45.6 Å². The van der Waals surface area contributed by atoms with E-state index in [0.717, 1.165) is 12.8 Å². The van der Waals surface area contributed by atoms with Gasteiger partial charge in [0, 0.05) is 26.8 Å². The second-order valence-corrected chi connectivity index (χ2v) is 6.18. The van der Waals surface area contributed by atoms with E-state index in [2.05, 4.69) is 70.1 Å². The van der Waals surface area contributed by atoms with Crippen LogP contribution in [0.4, 0.5) is 0 Å². The van der Waals surface area contributed by atoms with Crippen LogP contribution in [0.1, 0.15) is 56.7 Å². The van der Waals surface area contributed by atoms with Crippen molar-refractivity contribution >= 4 is 0 Å². The first-order valence-corrected chi connectivity index (χ1v) is 7.80. The summed E-state index contributed by atoms with van der Waals surface area (Å²) in [7, 11) is 6.12. The molecule has 0 aliphatic heterocycles. The Morgan fingerprint density at radius 2 is 1.62 bits per heavy atom. The van der Waals surface area contributed by atoms with E-state index >= 15 is 0 Å². The highest BCUT2D eigenvalue weighted by Crippen LogP contribution is 2.25. The molecule has 118 valence electrons. The molecule has 21 heavy (non-hydrogen) atoms. The molecule has 0 saturated heterocycles. The predicted octanol–water partition coefficient (Wildman–Crippen LogP) is 3.90. The third-order valence-electron chi connectivity index (χ3n) is 3.99. The maximum atomic E-state index is 6.06. The maximum Gasteiger partial charge on any atom is 0.0522 e. The van der Waals surface area contributed by atoms with Crippen molar-refractivity contribution in [1.29, 1.82) is 0 Å². The monoisotopic (exact) mass is 289 g/mol. The Hall–Kier alpha value is -1.32. The molecule has 1 rings (SSSR count). The molecule has 2 N–H and O–H groups in total. The van der Waals surface area contributed by atoms with Crippen LogP contribution in [-0.2, 0) is 0 Å². The van der Waals surface area contributed by atoms with Crippen LogP contribution in [-0.4, -0.2) is 31.1 Å². The molecule has 0 fully saturated rings. The third kappa shape index (κ3) is 5.18. The zero-order valence-corrected chi connectivity index (χ0v) is 14.4. The molecule has 0 aromatic heterocycles. The lowest BCUT2D eigenvalue weighted by molar-refractivity contribution is 0.252. The highest BCUT2D eigenvalue weighted by molar-refractivity contribution is 5.27. The van der Waals surface area contributed by atoms with Crippen LogP contribution >= 0.6 is 0 Å². The Balaban J connectivity index is 2.91. The molecule has 1 atom stereocenters. The van der Waals surface area contributed by atoms with Crippen LogP contribution in [0.25, 0.3) is 0 Å². The summed E-state index contributed by atoms with van der Waals surface area (Å²) in [6.45, 7) is 6.62. The lowest BCUT2D eigenvalue weighted by Gasteiger charge is -2.25. The van der Waals surface area contributed by atoms with Crippen molar-refractivity contribution < 1.29 is 0 Å². The van der Waals surface area contributed by atoms with Gasteiger partial charge in [-0.3, -0.25) is 5.84 Å². The Bertz CT molecular complexity index is 444. The number of allylic oxidation sites excluding steroid dienone is 1. The number of rotatable bonds is 7. The molecule has 0 radical (unpaired) electrons. The fourth-order valence-electron chi connectivity index (χ4n) is 2.53. The van der Waals surface area contributed by atoms with Crippen LogP contribution in [0.5, 0.6) is 0 Å². The van der Waals surface area contributed by atoms with Crippen molar-refractivity contribution in [2.75, 3.05) is 21.1 Å². The summed E-state index contributed by atoms with van der Waals surface area (Å²) in [6, 6.07) is 9.06. The molecule has 1 aromatic carbocycles. The molecule has 1 aromatic rings. The van der Waals surface area contributed by atoms with E-state index in [0.29, 0.717) is 5.92 Å². The highest BCUT2D eigenvalue weighted by Gasteiger charge is 2.14. The molecule has 0 aliphatic rings. The lowest BCUT2D eigenvalue weighted by Crippen LogP contribution is -2.31. The normalized spacial score (nSPS) is 13.9. The quantitative estimate of drug-likeness (QED) is 0.610. The Morgan fingerprint density at radius 3 is 2.00 bits per heavy atom. The van der Waals surface area contributed by atoms with E-state index in [1.165, 1.54) is 16.8 Å². The number of hydrogen-bond donors (Lipinski definition) is 1. The molecule has 3 nitrogen and oxygen atoms in total. The summed E-state index contributed by atoms with van der Waals surface area (Å²) in [5.74, 6) is 6.62. The number of hydrogen-bond acceptors (Lipinski definition) is 3. The second kappa shape index (κ2) is 8.20. The van der Waals surface area contributed by atoms with Gasteiger partial charge in [-0.05, 0) is 29.9 Å². The first-order valence-electron chi connectivity index (χ1n) is 7.80. The average molecular weight is 289 g/mol. The minimum Gasteiger partial charge on any atom is -0.381 e. The molecule has 3 heteroatoms. The molecule has 0 saturated carbocycles. The molecule has 1 unspecified atom stereocenters. The minimum atomic E-state index is 0.215. The number of hydrazine groups is 1. The van der Waals surface area contributed by atoms with Crippen LogP contribution in [0.15, 0.2) is 36.0 Å². The zero-order chi connectivity index (χ0) is 16.0. The molecular formula is C18H31N3. The van der Waals surface area contributed by atoms with Gasteiger partial charge in [0.05, 0.1) is 6.04 Å². The van der Waals surface area contributed by atoms with E-state index < -0.39 is 0 Å². The highest BCUT2D eigenvalue weighted by atomic mass is 15.4. The van der Waals surface area contributed by atoms with Crippen molar-refractivity contribution in [3.63, 3.8) is 0 Å². The predicted molar refractivity (Wildman–Crippen MR) is 91.9 cm³/mol. The Morgan fingerprint density at radius 1 is 1.10 bits per heavy atom.